The maximum absolute atomic E-state index is 12.3. The van der Waals surface area contributed by atoms with Crippen molar-refractivity contribution < 1.29 is 4.79 Å². The SMILES string of the molecule is CN(C(=O)Cc1ccsc1)C1CCc2ccccc21. The van der Waals surface area contributed by atoms with Gasteiger partial charge in [-0.3, -0.25) is 4.79 Å². The Bertz CT molecular complexity index is 576. The summed E-state index contributed by atoms with van der Waals surface area (Å²) in [7, 11) is 1.93. The van der Waals surface area contributed by atoms with Gasteiger partial charge in [-0.15, -0.1) is 0 Å². The summed E-state index contributed by atoms with van der Waals surface area (Å²) in [4.78, 5) is 14.3. The largest absolute Gasteiger partial charge is 0.338 e. The van der Waals surface area contributed by atoms with Gasteiger partial charge in [0, 0.05) is 7.05 Å². The number of thiophene rings is 1. The number of carbonyl (C=O) groups is 1. The Labute approximate surface area is 117 Å². The van der Waals surface area contributed by atoms with E-state index in [-0.39, 0.29) is 11.9 Å². The van der Waals surface area contributed by atoms with Crippen LogP contribution in [0.15, 0.2) is 41.1 Å². The molecule has 0 bridgehead atoms. The highest BCUT2D eigenvalue weighted by Gasteiger charge is 2.28. The molecule has 1 aliphatic carbocycles. The van der Waals surface area contributed by atoms with Crippen LogP contribution in [0.2, 0.25) is 0 Å². The van der Waals surface area contributed by atoms with E-state index < -0.39 is 0 Å². The molecule has 98 valence electrons. The minimum absolute atomic E-state index is 0.208. The molecule has 19 heavy (non-hydrogen) atoms. The van der Waals surface area contributed by atoms with Crippen molar-refractivity contribution >= 4 is 17.2 Å². The molecule has 1 aromatic heterocycles. The van der Waals surface area contributed by atoms with Gasteiger partial charge in [0.15, 0.2) is 0 Å². The Morgan fingerprint density at radius 2 is 2.21 bits per heavy atom. The molecular weight excluding hydrogens is 254 g/mol. The van der Waals surface area contributed by atoms with Crippen LogP contribution in [0.25, 0.3) is 0 Å². The van der Waals surface area contributed by atoms with Gasteiger partial charge >= 0.3 is 0 Å². The lowest BCUT2D eigenvalue weighted by Crippen LogP contribution is -2.31. The minimum Gasteiger partial charge on any atom is -0.338 e. The second kappa shape index (κ2) is 5.17. The Kier molecular flexibility index (Phi) is 3.38. The second-order valence-corrected chi connectivity index (χ2v) is 5.85. The van der Waals surface area contributed by atoms with Crippen LogP contribution in [-0.2, 0) is 17.6 Å². The molecule has 3 heteroatoms. The molecule has 2 aromatic rings. The highest BCUT2D eigenvalue weighted by atomic mass is 32.1. The van der Waals surface area contributed by atoms with Crippen LogP contribution < -0.4 is 0 Å². The van der Waals surface area contributed by atoms with Crippen molar-refractivity contribution in [3.8, 4) is 0 Å². The van der Waals surface area contributed by atoms with Gasteiger partial charge in [0.05, 0.1) is 12.5 Å². The molecule has 0 saturated heterocycles. The summed E-state index contributed by atoms with van der Waals surface area (Å²) in [5, 5.41) is 4.07. The summed E-state index contributed by atoms with van der Waals surface area (Å²) in [5.74, 6) is 0.208. The van der Waals surface area contributed by atoms with Crippen LogP contribution in [0, 0.1) is 0 Å². The van der Waals surface area contributed by atoms with E-state index in [1.165, 1.54) is 11.1 Å². The van der Waals surface area contributed by atoms with Gasteiger partial charge in [0.25, 0.3) is 0 Å². The molecule has 3 rings (SSSR count). The minimum atomic E-state index is 0.208. The average molecular weight is 271 g/mol. The van der Waals surface area contributed by atoms with E-state index in [0.29, 0.717) is 6.42 Å². The van der Waals surface area contributed by atoms with Crippen molar-refractivity contribution in [1.82, 2.24) is 4.90 Å². The molecule has 0 aliphatic heterocycles. The number of hydrogen-bond donors (Lipinski definition) is 0. The third kappa shape index (κ3) is 2.43. The fourth-order valence-electron chi connectivity index (χ4n) is 2.80. The number of nitrogens with zero attached hydrogens (tertiary/aromatic N) is 1. The van der Waals surface area contributed by atoms with Crippen LogP contribution in [0.5, 0.6) is 0 Å². The Morgan fingerprint density at radius 1 is 1.37 bits per heavy atom. The van der Waals surface area contributed by atoms with Gasteiger partial charge in [0.2, 0.25) is 5.91 Å². The number of rotatable bonds is 3. The number of aryl methyl sites for hydroxylation is 1. The van der Waals surface area contributed by atoms with Crippen LogP contribution in [-0.4, -0.2) is 17.9 Å². The molecular formula is C16H17NOS. The van der Waals surface area contributed by atoms with E-state index in [1.54, 1.807) is 11.3 Å². The summed E-state index contributed by atoms with van der Waals surface area (Å²) < 4.78 is 0. The summed E-state index contributed by atoms with van der Waals surface area (Å²) in [6.07, 6.45) is 2.64. The van der Waals surface area contributed by atoms with Crippen molar-refractivity contribution in [3.05, 3.63) is 57.8 Å². The van der Waals surface area contributed by atoms with Crippen molar-refractivity contribution in [3.63, 3.8) is 0 Å². The summed E-state index contributed by atoms with van der Waals surface area (Å²) in [5.41, 5.74) is 3.83. The standard InChI is InChI=1S/C16H17NOS/c1-17(16(18)10-12-8-9-19-11-12)15-7-6-13-4-2-3-5-14(13)15/h2-5,8-9,11,15H,6-7,10H2,1H3. The molecule has 2 nitrogen and oxygen atoms in total. The molecule has 1 amide bonds. The number of amides is 1. The zero-order valence-electron chi connectivity index (χ0n) is 11.0. The predicted octanol–water partition coefficient (Wildman–Crippen LogP) is 3.44. The second-order valence-electron chi connectivity index (χ2n) is 5.07. The van der Waals surface area contributed by atoms with Gasteiger partial charge in [-0.2, -0.15) is 11.3 Å². The topological polar surface area (TPSA) is 20.3 Å². The monoisotopic (exact) mass is 271 g/mol. The zero-order chi connectivity index (χ0) is 13.2. The summed E-state index contributed by atoms with van der Waals surface area (Å²) in [6, 6.07) is 10.7. The molecule has 1 heterocycles. The zero-order valence-corrected chi connectivity index (χ0v) is 11.8. The van der Waals surface area contributed by atoms with E-state index in [1.807, 2.05) is 28.8 Å². The number of likely N-dealkylation sites (N-methyl/N-ethyl adjacent to an activating group) is 1. The van der Waals surface area contributed by atoms with Crippen LogP contribution in [0.3, 0.4) is 0 Å². The Hall–Kier alpha value is -1.61. The normalized spacial score (nSPS) is 17.2. The van der Waals surface area contributed by atoms with Crippen molar-refractivity contribution in [2.45, 2.75) is 25.3 Å². The van der Waals surface area contributed by atoms with Crippen molar-refractivity contribution in [1.29, 1.82) is 0 Å². The van der Waals surface area contributed by atoms with E-state index >= 15 is 0 Å². The Morgan fingerprint density at radius 3 is 3.00 bits per heavy atom. The number of benzene rings is 1. The van der Waals surface area contributed by atoms with Gasteiger partial charge < -0.3 is 4.90 Å². The molecule has 1 aromatic carbocycles. The number of fused-ring (bicyclic) bond motifs is 1. The molecule has 0 fully saturated rings. The number of hydrogen-bond acceptors (Lipinski definition) is 2. The van der Waals surface area contributed by atoms with Gasteiger partial charge in [-0.25, -0.2) is 0 Å². The molecule has 0 saturated carbocycles. The first-order valence-corrected chi connectivity index (χ1v) is 7.54. The van der Waals surface area contributed by atoms with E-state index in [9.17, 15) is 4.79 Å². The molecule has 1 atom stereocenters. The summed E-state index contributed by atoms with van der Waals surface area (Å²) in [6.45, 7) is 0. The van der Waals surface area contributed by atoms with Crippen molar-refractivity contribution in [2.24, 2.45) is 0 Å². The molecule has 1 unspecified atom stereocenters. The smallest absolute Gasteiger partial charge is 0.227 e. The van der Waals surface area contributed by atoms with Gasteiger partial charge in [0.1, 0.15) is 0 Å². The number of carbonyl (C=O) groups excluding carboxylic acids is 1. The van der Waals surface area contributed by atoms with Gasteiger partial charge in [-0.1, -0.05) is 24.3 Å². The molecule has 0 radical (unpaired) electrons. The summed E-state index contributed by atoms with van der Waals surface area (Å²) >= 11 is 1.64. The average Bonchev–Trinajstić information content (AvgIpc) is 3.06. The first-order chi connectivity index (χ1) is 9.25. The van der Waals surface area contributed by atoms with Crippen LogP contribution in [0.1, 0.15) is 29.2 Å². The quantitative estimate of drug-likeness (QED) is 0.837. The molecule has 0 spiro atoms. The van der Waals surface area contributed by atoms with E-state index in [2.05, 4.69) is 24.3 Å². The lowest BCUT2D eigenvalue weighted by molar-refractivity contribution is -0.131. The van der Waals surface area contributed by atoms with E-state index in [0.717, 1.165) is 18.4 Å². The van der Waals surface area contributed by atoms with Crippen molar-refractivity contribution in [2.75, 3.05) is 7.05 Å². The predicted molar refractivity (Wildman–Crippen MR) is 78.3 cm³/mol. The Balaban J connectivity index is 1.74. The van der Waals surface area contributed by atoms with Crippen LogP contribution >= 0.6 is 11.3 Å². The first kappa shape index (κ1) is 12.4. The van der Waals surface area contributed by atoms with Crippen LogP contribution in [0.4, 0.5) is 0 Å². The van der Waals surface area contributed by atoms with E-state index in [4.69, 9.17) is 0 Å². The third-order valence-corrected chi connectivity index (χ3v) is 4.63. The maximum Gasteiger partial charge on any atom is 0.227 e. The molecule has 1 aliphatic rings. The van der Waals surface area contributed by atoms with Gasteiger partial charge in [-0.05, 0) is 46.4 Å². The fraction of sp³-hybridized carbons (Fsp3) is 0.312. The third-order valence-electron chi connectivity index (χ3n) is 3.90. The highest BCUT2D eigenvalue weighted by molar-refractivity contribution is 7.07. The molecule has 0 N–H and O–H groups in total. The first-order valence-electron chi connectivity index (χ1n) is 6.60. The highest BCUT2D eigenvalue weighted by Crippen LogP contribution is 2.35. The maximum atomic E-state index is 12.3. The lowest BCUT2D eigenvalue weighted by atomic mass is 10.1. The fourth-order valence-corrected chi connectivity index (χ4v) is 3.47. The lowest BCUT2D eigenvalue weighted by Gasteiger charge is -2.25.